The van der Waals surface area contributed by atoms with Crippen LogP contribution in [-0.2, 0) is 17.9 Å². The number of aromatic nitrogens is 2. The zero-order valence-electron chi connectivity index (χ0n) is 16.9. The first kappa shape index (κ1) is 19.4. The molecule has 0 spiro atoms. The highest BCUT2D eigenvalue weighted by molar-refractivity contribution is 5.76. The van der Waals surface area contributed by atoms with Crippen molar-refractivity contribution >= 4 is 5.91 Å². The Balaban J connectivity index is 1.26. The van der Waals surface area contributed by atoms with E-state index in [0.717, 1.165) is 44.0 Å². The molecule has 29 heavy (non-hydrogen) atoms. The summed E-state index contributed by atoms with van der Waals surface area (Å²) in [5.74, 6) is 1.38. The molecule has 3 aromatic rings. The van der Waals surface area contributed by atoms with Gasteiger partial charge in [0.1, 0.15) is 12.4 Å². The van der Waals surface area contributed by atoms with Gasteiger partial charge in [-0.2, -0.15) is 0 Å². The minimum Gasteiger partial charge on any atom is -0.354 e. The third-order valence-electron chi connectivity index (χ3n) is 5.67. The SMILES string of the molecule is Cc1ccccc1CN1CC[C@@H](CNC(=O)Cn2ccnc2-c2ccccc2)C1. The van der Waals surface area contributed by atoms with Gasteiger partial charge in [-0.3, -0.25) is 9.69 Å². The van der Waals surface area contributed by atoms with Gasteiger partial charge in [0.15, 0.2) is 0 Å². The first-order chi connectivity index (χ1) is 14.2. The van der Waals surface area contributed by atoms with Crippen molar-refractivity contribution in [3.05, 3.63) is 78.1 Å². The van der Waals surface area contributed by atoms with E-state index in [1.54, 1.807) is 6.20 Å². The first-order valence-electron chi connectivity index (χ1n) is 10.3. The zero-order chi connectivity index (χ0) is 20.1. The Kier molecular flexibility index (Phi) is 6.06. The van der Waals surface area contributed by atoms with E-state index >= 15 is 0 Å². The molecule has 0 saturated carbocycles. The van der Waals surface area contributed by atoms with Crippen molar-refractivity contribution < 1.29 is 4.79 Å². The van der Waals surface area contributed by atoms with E-state index in [1.807, 2.05) is 41.1 Å². The van der Waals surface area contributed by atoms with Gasteiger partial charge < -0.3 is 9.88 Å². The summed E-state index contributed by atoms with van der Waals surface area (Å²) in [5.41, 5.74) is 3.76. The van der Waals surface area contributed by atoms with Gasteiger partial charge in [0.2, 0.25) is 5.91 Å². The van der Waals surface area contributed by atoms with Crippen molar-refractivity contribution in [2.45, 2.75) is 26.4 Å². The lowest BCUT2D eigenvalue weighted by atomic mass is 10.1. The lowest BCUT2D eigenvalue weighted by Crippen LogP contribution is -2.33. The third kappa shape index (κ3) is 4.93. The number of nitrogens with zero attached hydrogens (tertiary/aromatic N) is 3. The Morgan fingerprint density at radius 1 is 1.14 bits per heavy atom. The fraction of sp³-hybridized carbons (Fsp3) is 0.333. The van der Waals surface area contributed by atoms with Crippen LogP contribution in [-0.4, -0.2) is 40.0 Å². The van der Waals surface area contributed by atoms with Crippen LogP contribution in [0.2, 0.25) is 0 Å². The van der Waals surface area contributed by atoms with E-state index in [1.165, 1.54) is 11.1 Å². The molecule has 4 rings (SSSR count). The summed E-state index contributed by atoms with van der Waals surface area (Å²) >= 11 is 0. The predicted molar refractivity (Wildman–Crippen MR) is 115 cm³/mol. The lowest BCUT2D eigenvalue weighted by molar-refractivity contribution is -0.121. The van der Waals surface area contributed by atoms with Crippen LogP contribution in [0.5, 0.6) is 0 Å². The minimum absolute atomic E-state index is 0.0394. The van der Waals surface area contributed by atoms with E-state index in [4.69, 9.17) is 0 Å². The van der Waals surface area contributed by atoms with Crippen molar-refractivity contribution in [2.24, 2.45) is 5.92 Å². The van der Waals surface area contributed by atoms with E-state index in [-0.39, 0.29) is 5.91 Å². The van der Waals surface area contributed by atoms with E-state index in [9.17, 15) is 4.79 Å². The summed E-state index contributed by atoms with van der Waals surface area (Å²) in [6.45, 7) is 6.32. The van der Waals surface area contributed by atoms with Gasteiger partial charge in [-0.15, -0.1) is 0 Å². The maximum atomic E-state index is 12.5. The second-order valence-electron chi connectivity index (χ2n) is 7.87. The molecule has 1 aliphatic rings. The van der Waals surface area contributed by atoms with E-state index in [2.05, 4.69) is 46.4 Å². The molecular weight excluding hydrogens is 360 g/mol. The zero-order valence-corrected chi connectivity index (χ0v) is 16.9. The number of aryl methyl sites for hydroxylation is 1. The van der Waals surface area contributed by atoms with E-state index < -0.39 is 0 Å². The molecule has 1 saturated heterocycles. The average molecular weight is 389 g/mol. The molecule has 1 amide bonds. The van der Waals surface area contributed by atoms with E-state index in [0.29, 0.717) is 12.5 Å². The quantitative estimate of drug-likeness (QED) is 0.674. The summed E-state index contributed by atoms with van der Waals surface area (Å²) in [5, 5.41) is 3.12. The largest absolute Gasteiger partial charge is 0.354 e. The first-order valence-corrected chi connectivity index (χ1v) is 10.3. The number of benzene rings is 2. The molecule has 0 bridgehead atoms. The van der Waals surface area contributed by atoms with Crippen molar-refractivity contribution in [1.82, 2.24) is 19.8 Å². The Labute approximate surface area is 172 Å². The van der Waals surface area contributed by atoms with Crippen molar-refractivity contribution in [2.75, 3.05) is 19.6 Å². The number of nitrogens with one attached hydrogen (secondary N) is 1. The Morgan fingerprint density at radius 2 is 1.93 bits per heavy atom. The molecule has 5 nitrogen and oxygen atoms in total. The molecule has 2 heterocycles. The van der Waals surface area contributed by atoms with Crippen LogP contribution in [0, 0.1) is 12.8 Å². The van der Waals surface area contributed by atoms with Crippen LogP contribution in [0.15, 0.2) is 67.0 Å². The number of rotatable bonds is 7. The highest BCUT2D eigenvalue weighted by Crippen LogP contribution is 2.20. The summed E-state index contributed by atoms with van der Waals surface area (Å²) < 4.78 is 1.91. The summed E-state index contributed by atoms with van der Waals surface area (Å²) in [6, 6.07) is 18.5. The normalized spacial score (nSPS) is 16.8. The molecule has 1 N–H and O–H groups in total. The van der Waals surface area contributed by atoms with Gasteiger partial charge in [-0.05, 0) is 36.9 Å². The molecule has 2 aromatic carbocycles. The van der Waals surface area contributed by atoms with Gasteiger partial charge in [-0.25, -0.2) is 4.98 Å². The van der Waals surface area contributed by atoms with Gasteiger partial charge in [0.25, 0.3) is 0 Å². The molecular formula is C24H28N4O. The molecule has 0 unspecified atom stereocenters. The summed E-state index contributed by atoms with van der Waals surface area (Å²) in [6.07, 6.45) is 4.74. The number of carbonyl (C=O) groups is 1. The number of amides is 1. The minimum atomic E-state index is 0.0394. The summed E-state index contributed by atoms with van der Waals surface area (Å²) in [4.78, 5) is 19.4. The van der Waals surface area contributed by atoms with Gasteiger partial charge in [-0.1, -0.05) is 54.6 Å². The van der Waals surface area contributed by atoms with Crippen LogP contribution in [0.25, 0.3) is 11.4 Å². The maximum Gasteiger partial charge on any atom is 0.240 e. The van der Waals surface area contributed by atoms with Gasteiger partial charge >= 0.3 is 0 Å². The molecule has 0 aliphatic carbocycles. The number of hydrogen-bond acceptors (Lipinski definition) is 3. The Morgan fingerprint density at radius 3 is 2.76 bits per heavy atom. The second kappa shape index (κ2) is 9.05. The molecule has 1 atom stereocenters. The number of carbonyl (C=O) groups excluding carboxylic acids is 1. The third-order valence-corrected chi connectivity index (χ3v) is 5.67. The monoisotopic (exact) mass is 388 g/mol. The molecule has 0 radical (unpaired) electrons. The fourth-order valence-corrected chi connectivity index (χ4v) is 4.00. The maximum absolute atomic E-state index is 12.5. The summed E-state index contributed by atoms with van der Waals surface area (Å²) in [7, 11) is 0. The topological polar surface area (TPSA) is 50.2 Å². The molecule has 1 fully saturated rings. The number of imidazole rings is 1. The molecule has 150 valence electrons. The Bertz CT molecular complexity index is 950. The van der Waals surface area contributed by atoms with Gasteiger partial charge in [0.05, 0.1) is 0 Å². The molecule has 1 aliphatic heterocycles. The number of hydrogen-bond donors (Lipinski definition) is 1. The van der Waals surface area contributed by atoms with Crippen molar-refractivity contribution in [1.29, 1.82) is 0 Å². The number of likely N-dealkylation sites (tertiary alicyclic amines) is 1. The molecule has 5 heteroatoms. The predicted octanol–water partition coefficient (Wildman–Crippen LogP) is 3.50. The highest BCUT2D eigenvalue weighted by atomic mass is 16.1. The standard InChI is InChI=1S/C24H28N4O/c1-19-7-5-6-10-22(19)17-27-13-11-20(16-27)15-26-23(29)18-28-14-12-25-24(28)21-8-3-2-4-9-21/h2-10,12,14,20H,11,13,15-18H2,1H3,(H,26,29)/t20-/m0/s1. The van der Waals surface area contributed by atoms with Crippen LogP contribution >= 0.6 is 0 Å². The average Bonchev–Trinajstić information content (AvgIpc) is 3.38. The highest BCUT2D eigenvalue weighted by Gasteiger charge is 2.23. The van der Waals surface area contributed by atoms with Crippen LogP contribution < -0.4 is 5.32 Å². The smallest absolute Gasteiger partial charge is 0.240 e. The van der Waals surface area contributed by atoms with Crippen molar-refractivity contribution in [3.63, 3.8) is 0 Å². The molecule has 1 aromatic heterocycles. The Hall–Kier alpha value is -2.92. The second-order valence-corrected chi connectivity index (χ2v) is 7.87. The van der Waals surface area contributed by atoms with Crippen LogP contribution in [0.4, 0.5) is 0 Å². The van der Waals surface area contributed by atoms with Crippen molar-refractivity contribution in [3.8, 4) is 11.4 Å². The van der Waals surface area contributed by atoms with Gasteiger partial charge in [0, 0.05) is 37.6 Å². The lowest BCUT2D eigenvalue weighted by Gasteiger charge is -2.18. The fourth-order valence-electron chi connectivity index (χ4n) is 4.00. The van der Waals surface area contributed by atoms with Crippen LogP contribution in [0.1, 0.15) is 17.5 Å². The van der Waals surface area contributed by atoms with Crippen LogP contribution in [0.3, 0.4) is 0 Å².